The lowest BCUT2D eigenvalue weighted by molar-refractivity contribution is 0.332. The Morgan fingerprint density at radius 1 is 0.671 bits per heavy atom. The van der Waals surface area contributed by atoms with Gasteiger partial charge in [-0.05, 0) is 161 Å². The average Bonchev–Trinajstić information content (AvgIpc) is 3.79. The van der Waals surface area contributed by atoms with E-state index in [9.17, 15) is 0 Å². The fourth-order valence-corrected chi connectivity index (χ4v) is 14.6. The maximum atomic E-state index is 2.71. The summed E-state index contributed by atoms with van der Waals surface area (Å²) in [6.45, 7) is 16.9. The van der Waals surface area contributed by atoms with E-state index in [4.69, 9.17) is 0 Å². The molecule has 0 saturated heterocycles. The van der Waals surface area contributed by atoms with E-state index in [-0.39, 0.29) is 29.0 Å². The lowest BCUT2D eigenvalue weighted by atomic mass is 9.36. The molecule has 7 aliphatic rings. The van der Waals surface area contributed by atoms with Gasteiger partial charge in [0.05, 0.1) is 17.4 Å². The number of allylic oxidation sites excluding steroid dienone is 13. The van der Waals surface area contributed by atoms with E-state index in [0.29, 0.717) is 5.92 Å². The van der Waals surface area contributed by atoms with Crippen LogP contribution in [-0.2, 0) is 16.2 Å². The van der Waals surface area contributed by atoms with Gasteiger partial charge in [0.15, 0.2) is 0 Å². The zero-order chi connectivity index (χ0) is 49.8. The Bertz CT molecular complexity index is 3480. The van der Waals surface area contributed by atoms with Gasteiger partial charge in [0.1, 0.15) is 0 Å². The number of hydrogen-bond acceptors (Lipinski definition) is 4. The van der Waals surface area contributed by atoms with Crippen LogP contribution in [0, 0.1) is 0 Å². The third-order valence-electron chi connectivity index (χ3n) is 17.4. The van der Waals surface area contributed by atoms with Crippen molar-refractivity contribution in [1.82, 2.24) is 0 Å². The lowest BCUT2D eigenvalue weighted by Gasteiger charge is -2.45. The molecule has 1 aromatic heterocycles. The molecule has 73 heavy (non-hydrogen) atoms. The molecule has 2 atom stereocenters. The largest absolute Gasteiger partial charge is 0.334 e. The minimum Gasteiger partial charge on any atom is -0.334 e. The summed E-state index contributed by atoms with van der Waals surface area (Å²) in [5, 5.41) is 1.37. The number of fused-ring (bicyclic) bond motifs is 7. The first kappa shape index (κ1) is 46.2. The van der Waals surface area contributed by atoms with Gasteiger partial charge in [0, 0.05) is 60.5 Å². The average molecular weight is 970 g/mol. The second kappa shape index (κ2) is 17.6. The molecule has 2 aliphatic heterocycles. The van der Waals surface area contributed by atoms with E-state index in [1.807, 2.05) is 0 Å². The van der Waals surface area contributed by atoms with E-state index < -0.39 is 0 Å². The van der Waals surface area contributed by atoms with Crippen molar-refractivity contribution >= 4 is 89.2 Å². The minimum absolute atomic E-state index is 0.0143. The number of para-hydroxylation sites is 1. The van der Waals surface area contributed by atoms with Crippen LogP contribution in [0.2, 0.25) is 0 Å². The highest BCUT2D eigenvalue weighted by Crippen LogP contribution is 2.54. The number of nitrogens with zero attached hydrogens (tertiary/aromatic N) is 3. The van der Waals surface area contributed by atoms with Crippen molar-refractivity contribution in [3.63, 3.8) is 0 Å². The van der Waals surface area contributed by atoms with E-state index in [1.54, 1.807) is 0 Å². The van der Waals surface area contributed by atoms with E-state index >= 15 is 0 Å². The molecule has 0 bridgehead atoms. The monoisotopic (exact) mass is 970 g/mol. The van der Waals surface area contributed by atoms with Gasteiger partial charge < -0.3 is 14.7 Å². The molecule has 3 heterocycles. The highest BCUT2D eigenvalue weighted by atomic mass is 32.1. The topological polar surface area (TPSA) is 9.72 Å². The highest BCUT2D eigenvalue weighted by Gasteiger charge is 2.47. The van der Waals surface area contributed by atoms with Gasteiger partial charge in [-0.2, -0.15) is 0 Å². The Morgan fingerprint density at radius 2 is 1.42 bits per heavy atom. The summed E-state index contributed by atoms with van der Waals surface area (Å²) in [5.74, 6) is 0.310. The van der Waals surface area contributed by atoms with Crippen molar-refractivity contribution in [1.29, 1.82) is 0 Å². The fraction of sp³-hybridized carbons (Fsp3) is 0.294. The quantitative estimate of drug-likeness (QED) is 0.147. The van der Waals surface area contributed by atoms with E-state index in [2.05, 4.69) is 251 Å². The normalized spacial score (nSPS) is 20.9. The molecule has 0 spiro atoms. The van der Waals surface area contributed by atoms with Crippen molar-refractivity contribution in [3.8, 4) is 0 Å². The van der Waals surface area contributed by atoms with Gasteiger partial charge in [0.2, 0.25) is 0 Å². The predicted octanol–water partition coefficient (Wildman–Crippen LogP) is 16.9. The number of rotatable bonds is 7. The Balaban J connectivity index is 1.17. The first-order valence-electron chi connectivity index (χ1n) is 27.3. The number of thiophene rings is 1. The lowest BCUT2D eigenvalue weighted by Crippen LogP contribution is -2.60. The third kappa shape index (κ3) is 7.74. The summed E-state index contributed by atoms with van der Waals surface area (Å²) < 4.78 is 2.83. The molecule has 6 aromatic rings. The third-order valence-corrected chi connectivity index (χ3v) is 18.6. The van der Waals surface area contributed by atoms with Crippen molar-refractivity contribution in [2.45, 2.75) is 128 Å². The van der Waals surface area contributed by atoms with Crippen molar-refractivity contribution < 1.29 is 0 Å². The second-order valence-electron chi connectivity index (χ2n) is 24.0. The SMILES string of the molecule is CC(C)(C)c1ccc(N2c3cc(N(C4=CCCC=C4)C4C=CC=CC4)cc4c3B(c3ccc(C5C=CC=CC5)cc3N4c3ccccc3C3=CC=CCC3)c3sc4cc5c(cc4c32)C(C)(C)CCC5(C)C)cc1. The maximum absolute atomic E-state index is 2.71. The van der Waals surface area contributed by atoms with Crippen LogP contribution < -0.4 is 30.4 Å². The molecule has 364 valence electrons. The number of anilines is 7. The number of benzene rings is 5. The Kier molecular flexibility index (Phi) is 11.1. The van der Waals surface area contributed by atoms with Gasteiger partial charge in [0.25, 0.3) is 6.71 Å². The molecular formula is C68H68BN3S. The smallest absolute Gasteiger partial charge is 0.264 e. The van der Waals surface area contributed by atoms with E-state index in [1.165, 1.54) is 118 Å². The standard InChI is InChI=1S/C68H68BN3S/c1-66(2,3)48-33-35-51(36-34-48)71-60-41-52(70(49-26-16-10-17-27-49)50-28-18-11-19-29-50)42-61-63(60)69(65-64(71)54-43-55-56(44-62(54)73-65)68(6,7)39-38-67(55,4)5)57-37-32-47(45-22-12-8-13-23-45)40-59(57)72(61)58-31-21-20-30-53(58)46-24-14-9-15-25-46/h8-10,12-14,16-18,20-22,24,26,28-37,40-45,49H,11,15,19,23,25,27,38-39H2,1-7H3. The van der Waals surface area contributed by atoms with E-state index in [0.717, 1.165) is 38.5 Å². The van der Waals surface area contributed by atoms with Crippen LogP contribution in [0.5, 0.6) is 0 Å². The van der Waals surface area contributed by atoms with Crippen molar-refractivity contribution in [3.05, 3.63) is 210 Å². The Morgan fingerprint density at radius 3 is 2.12 bits per heavy atom. The van der Waals surface area contributed by atoms with Crippen LogP contribution in [0.25, 0.3) is 15.7 Å². The van der Waals surface area contributed by atoms with Gasteiger partial charge >= 0.3 is 0 Å². The summed E-state index contributed by atoms with van der Waals surface area (Å²) in [7, 11) is 0. The summed E-state index contributed by atoms with van der Waals surface area (Å²) in [4.78, 5) is 8.08. The Labute approximate surface area is 439 Å². The second-order valence-corrected chi connectivity index (χ2v) is 25.1. The van der Waals surface area contributed by atoms with Crippen LogP contribution in [0.4, 0.5) is 39.8 Å². The molecule has 5 aromatic carbocycles. The molecule has 13 rings (SSSR count). The molecule has 5 aliphatic carbocycles. The van der Waals surface area contributed by atoms with Crippen LogP contribution in [0.1, 0.15) is 134 Å². The Hall–Kier alpha value is -6.56. The zero-order valence-electron chi connectivity index (χ0n) is 43.9. The van der Waals surface area contributed by atoms with Gasteiger partial charge in [-0.3, -0.25) is 0 Å². The summed E-state index contributed by atoms with van der Waals surface area (Å²) in [5.41, 5.74) is 21.5. The zero-order valence-corrected chi connectivity index (χ0v) is 44.7. The summed E-state index contributed by atoms with van der Waals surface area (Å²) >= 11 is 2.05. The van der Waals surface area contributed by atoms with Crippen LogP contribution in [-0.4, -0.2) is 12.8 Å². The number of hydrogen-bond donors (Lipinski definition) is 0. The maximum Gasteiger partial charge on any atom is 0.264 e. The highest BCUT2D eigenvalue weighted by molar-refractivity contribution is 7.33. The first-order chi connectivity index (χ1) is 35.3. The van der Waals surface area contributed by atoms with Gasteiger partial charge in [-0.1, -0.05) is 170 Å². The van der Waals surface area contributed by atoms with Crippen LogP contribution in [0.3, 0.4) is 0 Å². The van der Waals surface area contributed by atoms with Crippen LogP contribution >= 0.6 is 11.3 Å². The molecule has 0 radical (unpaired) electrons. The minimum atomic E-state index is 0.0143. The van der Waals surface area contributed by atoms with Crippen LogP contribution in [0.15, 0.2) is 182 Å². The molecule has 0 fully saturated rings. The summed E-state index contributed by atoms with van der Waals surface area (Å²) in [6, 6.07) is 37.1. The molecular weight excluding hydrogens is 902 g/mol. The summed E-state index contributed by atoms with van der Waals surface area (Å²) in [6.07, 6.45) is 41.1. The molecule has 0 saturated carbocycles. The molecule has 2 unspecified atom stereocenters. The first-order valence-corrected chi connectivity index (χ1v) is 28.1. The molecule has 0 N–H and O–H groups in total. The fourth-order valence-electron chi connectivity index (χ4n) is 13.2. The van der Waals surface area contributed by atoms with Gasteiger partial charge in [-0.15, -0.1) is 11.3 Å². The molecule has 5 heteroatoms. The van der Waals surface area contributed by atoms with Crippen molar-refractivity contribution in [2.75, 3.05) is 14.7 Å². The molecule has 3 nitrogen and oxygen atoms in total. The van der Waals surface area contributed by atoms with Gasteiger partial charge in [-0.25, -0.2) is 0 Å². The predicted molar refractivity (Wildman–Crippen MR) is 317 cm³/mol. The van der Waals surface area contributed by atoms with Crippen molar-refractivity contribution in [2.24, 2.45) is 0 Å². The molecule has 0 amide bonds.